The van der Waals surface area contributed by atoms with E-state index >= 15 is 0 Å². The fraction of sp³-hybridized carbons (Fsp3) is 0.0714. The molecule has 20 heavy (non-hydrogen) atoms. The van der Waals surface area contributed by atoms with E-state index in [2.05, 4.69) is 4.98 Å². The molecule has 3 aromatic rings. The van der Waals surface area contributed by atoms with Gasteiger partial charge in [0.2, 0.25) is 9.84 Å². The lowest BCUT2D eigenvalue weighted by Gasteiger charge is -2.07. The number of nitrogen functional groups attached to an aromatic ring is 1. The quantitative estimate of drug-likeness (QED) is 0.790. The van der Waals surface area contributed by atoms with Crippen LogP contribution >= 0.6 is 11.3 Å². The third kappa shape index (κ3) is 2.07. The number of anilines is 1. The van der Waals surface area contributed by atoms with E-state index in [0.29, 0.717) is 10.0 Å². The summed E-state index contributed by atoms with van der Waals surface area (Å²) in [7, 11) is -3.51. The van der Waals surface area contributed by atoms with Crippen LogP contribution in [0.15, 0.2) is 52.3 Å². The van der Waals surface area contributed by atoms with Gasteiger partial charge >= 0.3 is 0 Å². The number of nitrogens with zero attached hydrogens (tertiary/aromatic N) is 1. The average Bonchev–Trinajstić information content (AvgIpc) is 2.78. The van der Waals surface area contributed by atoms with E-state index in [-0.39, 0.29) is 4.90 Å². The lowest BCUT2D eigenvalue weighted by molar-refractivity contribution is 0.595. The van der Waals surface area contributed by atoms with Crippen LogP contribution in [0.5, 0.6) is 0 Å². The van der Waals surface area contributed by atoms with Crippen molar-refractivity contribution in [1.82, 2.24) is 4.98 Å². The smallest absolute Gasteiger partial charge is 0.206 e. The standard InChI is InChI=1S/C14H12N2O2S2/c1-9-4-2-3-5-13(9)20(17,18)10-6-7-11-12(8-10)19-14(15)16-11/h2-8H,1H3,(H2,15,16). The minimum absolute atomic E-state index is 0.267. The molecule has 0 aliphatic rings. The molecule has 0 fully saturated rings. The van der Waals surface area contributed by atoms with Gasteiger partial charge in [0, 0.05) is 0 Å². The molecular weight excluding hydrogens is 292 g/mol. The first-order chi connectivity index (χ1) is 9.48. The van der Waals surface area contributed by atoms with Crippen molar-refractivity contribution in [2.45, 2.75) is 16.7 Å². The predicted molar refractivity (Wildman–Crippen MR) is 80.7 cm³/mol. The SMILES string of the molecule is Cc1ccccc1S(=O)(=O)c1ccc2nc(N)sc2c1. The molecule has 1 heterocycles. The normalized spacial score (nSPS) is 11.8. The Kier molecular flexibility index (Phi) is 2.99. The average molecular weight is 304 g/mol. The summed E-state index contributed by atoms with van der Waals surface area (Å²) in [5, 5.41) is 0.436. The summed E-state index contributed by atoms with van der Waals surface area (Å²) in [6.07, 6.45) is 0. The molecule has 0 saturated heterocycles. The fourth-order valence-corrected chi connectivity index (χ4v) is 4.45. The number of hydrogen-bond donors (Lipinski definition) is 1. The summed E-state index contributed by atoms with van der Waals surface area (Å²) in [5.74, 6) is 0. The number of rotatable bonds is 2. The molecule has 6 heteroatoms. The van der Waals surface area contributed by atoms with Crippen LogP contribution < -0.4 is 5.73 Å². The zero-order chi connectivity index (χ0) is 14.3. The minimum Gasteiger partial charge on any atom is -0.375 e. The number of aromatic nitrogens is 1. The van der Waals surface area contributed by atoms with E-state index in [1.54, 1.807) is 43.3 Å². The van der Waals surface area contributed by atoms with Crippen LogP contribution in [0.2, 0.25) is 0 Å². The van der Waals surface area contributed by atoms with Crippen molar-refractivity contribution >= 4 is 36.5 Å². The largest absolute Gasteiger partial charge is 0.375 e. The van der Waals surface area contributed by atoms with Crippen LogP contribution in [0.25, 0.3) is 10.2 Å². The zero-order valence-corrected chi connectivity index (χ0v) is 12.3. The topological polar surface area (TPSA) is 73.0 Å². The summed E-state index contributed by atoms with van der Waals surface area (Å²) < 4.78 is 26.1. The molecular formula is C14H12N2O2S2. The monoisotopic (exact) mass is 304 g/mol. The second-order valence-corrected chi connectivity index (χ2v) is 7.43. The molecule has 0 aliphatic carbocycles. The van der Waals surface area contributed by atoms with Crippen molar-refractivity contribution in [2.24, 2.45) is 0 Å². The molecule has 4 nitrogen and oxygen atoms in total. The highest BCUT2D eigenvalue weighted by molar-refractivity contribution is 7.91. The van der Waals surface area contributed by atoms with Crippen molar-refractivity contribution in [3.05, 3.63) is 48.0 Å². The van der Waals surface area contributed by atoms with Crippen molar-refractivity contribution < 1.29 is 8.42 Å². The maximum Gasteiger partial charge on any atom is 0.206 e. The Bertz CT molecular complexity index is 898. The number of hydrogen-bond acceptors (Lipinski definition) is 5. The van der Waals surface area contributed by atoms with Crippen LogP contribution in [-0.4, -0.2) is 13.4 Å². The highest BCUT2D eigenvalue weighted by atomic mass is 32.2. The number of sulfone groups is 1. The van der Waals surface area contributed by atoms with Gasteiger partial charge in [0.1, 0.15) is 0 Å². The molecule has 0 aliphatic heterocycles. The van der Waals surface area contributed by atoms with E-state index in [0.717, 1.165) is 15.8 Å². The van der Waals surface area contributed by atoms with Crippen molar-refractivity contribution in [2.75, 3.05) is 5.73 Å². The van der Waals surface area contributed by atoms with Gasteiger partial charge in [-0.2, -0.15) is 0 Å². The van der Waals surface area contributed by atoms with E-state index in [1.807, 2.05) is 6.07 Å². The van der Waals surface area contributed by atoms with Gasteiger partial charge in [-0.3, -0.25) is 0 Å². The molecule has 2 N–H and O–H groups in total. The molecule has 0 atom stereocenters. The van der Waals surface area contributed by atoms with Crippen LogP contribution in [-0.2, 0) is 9.84 Å². The van der Waals surface area contributed by atoms with Crippen LogP contribution in [0.3, 0.4) is 0 Å². The Morgan fingerprint density at radius 2 is 1.90 bits per heavy atom. The van der Waals surface area contributed by atoms with Crippen LogP contribution in [0, 0.1) is 6.92 Å². The molecule has 0 radical (unpaired) electrons. The molecule has 0 amide bonds. The van der Waals surface area contributed by atoms with Gasteiger partial charge < -0.3 is 5.73 Å². The maximum atomic E-state index is 12.7. The molecule has 3 rings (SSSR count). The van der Waals surface area contributed by atoms with Crippen molar-refractivity contribution in [1.29, 1.82) is 0 Å². The Labute approximate surface area is 120 Å². The number of benzene rings is 2. The van der Waals surface area contributed by atoms with Gasteiger partial charge in [-0.05, 0) is 36.8 Å². The van der Waals surface area contributed by atoms with Crippen LogP contribution in [0.1, 0.15) is 5.56 Å². The zero-order valence-electron chi connectivity index (χ0n) is 10.7. The van der Waals surface area contributed by atoms with Crippen molar-refractivity contribution in [3.8, 4) is 0 Å². The molecule has 0 spiro atoms. The number of nitrogens with two attached hydrogens (primary N) is 1. The Morgan fingerprint density at radius 1 is 1.15 bits per heavy atom. The highest BCUT2D eigenvalue weighted by Crippen LogP contribution is 2.29. The molecule has 0 saturated carbocycles. The van der Waals surface area contributed by atoms with E-state index in [9.17, 15) is 8.42 Å². The predicted octanol–water partition coefficient (Wildman–Crippen LogP) is 3.02. The summed E-state index contributed by atoms with van der Waals surface area (Å²) in [6, 6.07) is 11.8. The summed E-state index contributed by atoms with van der Waals surface area (Å²) in [5.41, 5.74) is 7.09. The van der Waals surface area contributed by atoms with Gasteiger partial charge in [-0.15, -0.1) is 0 Å². The lowest BCUT2D eigenvalue weighted by Crippen LogP contribution is -2.03. The van der Waals surface area contributed by atoms with Crippen LogP contribution in [0.4, 0.5) is 5.13 Å². The minimum atomic E-state index is -3.51. The lowest BCUT2D eigenvalue weighted by atomic mass is 10.2. The second kappa shape index (κ2) is 4.57. The van der Waals surface area contributed by atoms with E-state index in [4.69, 9.17) is 5.73 Å². The highest BCUT2D eigenvalue weighted by Gasteiger charge is 2.20. The van der Waals surface area contributed by atoms with Gasteiger partial charge in [-0.25, -0.2) is 13.4 Å². The third-order valence-corrected chi connectivity index (χ3v) is 5.83. The van der Waals surface area contributed by atoms with Gasteiger partial charge in [0.15, 0.2) is 5.13 Å². The maximum absolute atomic E-state index is 12.7. The fourth-order valence-electron chi connectivity index (χ4n) is 2.07. The van der Waals surface area contributed by atoms with E-state index < -0.39 is 9.84 Å². The Hall–Kier alpha value is -1.92. The number of thiazole rings is 1. The summed E-state index contributed by atoms with van der Waals surface area (Å²) in [6.45, 7) is 1.79. The Balaban J connectivity index is 2.21. The molecule has 0 bridgehead atoms. The summed E-state index contributed by atoms with van der Waals surface area (Å²) in [4.78, 5) is 4.73. The third-order valence-electron chi connectivity index (χ3n) is 3.07. The number of fused-ring (bicyclic) bond motifs is 1. The molecule has 102 valence electrons. The molecule has 1 aromatic heterocycles. The second-order valence-electron chi connectivity index (χ2n) is 4.45. The van der Waals surface area contributed by atoms with E-state index in [1.165, 1.54) is 11.3 Å². The first kappa shape index (κ1) is 13.1. The van der Waals surface area contributed by atoms with Gasteiger partial charge in [-0.1, -0.05) is 29.5 Å². The van der Waals surface area contributed by atoms with Crippen molar-refractivity contribution in [3.63, 3.8) is 0 Å². The summed E-state index contributed by atoms with van der Waals surface area (Å²) >= 11 is 1.28. The van der Waals surface area contributed by atoms with Gasteiger partial charge in [0.05, 0.1) is 20.0 Å². The van der Waals surface area contributed by atoms with Gasteiger partial charge in [0.25, 0.3) is 0 Å². The Morgan fingerprint density at radius 3 is 2.65 bits per heavy atom. The molecule has 0 unspecified atom stereocenters. The number of aryl methyl sites for hydroxylation is 1. The first-order valence-electron chi connectivity index (χ1n) is 5.95. The molecule has 2 aromatic carbocycles. The first-order valence-corrected chi connectivity index (χ1v) is 8.25.